The maximum atomic E-state index is 13.2. The molecule has 3 rings (SSSR count). The Labute approximate surface area is 126 Å². The van der Waals surface area contributed by atoms with E-state index in [1.54, 1.807) is 17.0 Å². The zero-order chi connectivity index (χ0) is 14.8. The Morgan fingerprint density at radius 1 is 1.38 bits per heavy atom. The van der Waals surface area contributed by atoms with Gasteiger partial charge in [0.2, 0.25) is 0 Å². The molecule has 1 amide bonds. The number of thiophene rings is 1. The van der Waals surface area contributed by atoms with E-state index in [0.29, 0.717) is 4.88 Å². The van der Waals surface area contributed by atoms with Crippen molar-refractivity contribution in [2.45, 2.75) is 31.7 Å². The summed E-state index contributed by atoms with van der Waals surface area (Å²) < 4.78 is 14.0. The molecule has 0 atom stereocenters. The summed E-state index contributed by atoms with van der Waals surface area (Å²) in [5.74, 6) is -0.405. The van der Waals surface area contributed by atoms with Gasteiger partial charge in [-0.05, 0) is 36.4 Å². The predicted octanol–water partition coefficient (Wildman–Crippen LogP) is 3.95. The van der Waals surface area contributed by atoms with Crippen LogP contribution in [-0.4, -0.2) is 23.4 Å². The van der Waals surface area contributed by atoms with Crippen LogP contribution in [0.1, 0.15) is 35.4 Å². The second kappa shape index (κ2) is 5.82. The SMILES string of the molecule is N#CCN(C(=O)c1cc2ccc(F)cc2s1)C1CCCC1. The maximum absolute atomic E-state index is 13.2. The van der Waals surface area contributed by atoms with Gasteiger partial charge in [-0.25, -0.2) is 4.39 Å². The van der Waals surface area contributed by atoms with Crippen LogP contribution in [0.15, 0.2) is 24.3 Å². The zero-order valence-electron chi connectivity index (χ0n) is 11.5. The lowest BCUT2D eigenvalue weighted by molar-refractivity contribution is 0.0714. The summed E-state index contributed by atoms with van der Waals surface area (Å²) in [5, 5.41) is 9.85. The van der Waals surface area contributed by atoms with Crippen molar-refractivity contribution in [3.8, 4) is 6.07 Å². The molecule has 21 heavy (non-hydrogen) atoms. The largest absolute Gasteiger partial charge is 0.322 e. The predicted molar refractivity (Wildman–Crippen MR) is 80.7 cm³/mol. The standard InChI is InChI=1S/C16H15FN2OS/c17-12-6-5-11-9-15(21-14(11)10-12)16(20)19(8-7-18)13-3-1-2-4-13/h5-6,9-10,13H,1-4,8H2. The molecular weight excluding hydrogens is 287 g/mol. The molecule has 108 valence electrons. The molecule has 1 heterocycles. The summed E-state index contributed by atoms with van der Waals surface area (Å²) in [4.78, 5) is 14.9. The number of carbonyl (C=O) groups excluding carboxylic acids is 1. The fourth-order valence-electron chi connectivity index (χ4n) is 2.91. The molecule has 1 aliphatic carbocycles. The van der Waals surface area contributed by atoms with Crippen LogP contribution >= 0.6 is 11.3 Å². The monoisotopic (exact) mass is 302 g/mol. The van der Waals surface area contributed by atoms with E-state index < -0.39 is 0 Å². The number of amides is 1. The maximum Gasteiger partial charge on any atom is 0.265 e. The van der Waals surface area contributed by atoms with E-state index in [0.717, 1.165) is 35.8 Å². The van der Waals surface area contributed by atoms with Gasteiger partial charge in [0.25, 0.3) is 5.91 Å². The van der Waals surface area contributed by atoms with Gasteiger partial charge in [-0.3, -0.25) is 4.79 Å². The Kier molecular flexibility index (Phi) is 3.89. The highest BCUT2D eigenvalue weighted by atomic mass is 32.1. The third-order valence-corrected chi connectivity index (χ3v) is 5.05. The molecular formula is C16H15FN2OS. The van der Waals surface area contributed by atoms with Crippen LogP contribution in [0.4, 0.5) is 4.39 Å². The van der Waals surface area contributed by atoms with Crippen molar-refractivity contribution >= 4 is 27.3 Å². The minimum absolute atomic E-state index is 0.106. The number of hydrogen-bond acceptors (Lipinski definition) is 3. The zero-order valence-corrected chi connectivity index (χ0v) is 12.3. The number of hydrogen-bond donors (Lipinski definition) is 0. The number of halogens is 1. The molecule has 1 aromatic heterocycles. The minimum Gasteiger partial charge on any atom is -0.322 e. The Morgan fingerprint density at radius 3 is 2.86 bits per heavy atom. The lowest BCUT2D eigenvalue weighted by Crippen LogP contribution is -2.38. The van der Waals surface area contributed by atoms with Gasteiger partial charge < -0.3 is 4.90 Å². The molecule has 0 aliphatic heterocycles. The summed E-state index contributed by atoms with van der Waals surface area (Å²) in [6.45, 7) is 0.117. The van der Waals surface area contributed by atoms with Crippen molar-refractivity contribution in [3.63, 3.8) is 0 Å². The number of fused-ring (bicyclic) bond motifs is 1. The average molecular weight is 302 g/mol. The molecule has 0 radical (unpaired) electrons. The molecule has 1 saturated carbocycles. The van der Waals surface area contributed by atoms with Gasteiger partial charge in [0.15, 0.2) is 0 Å². The first-order valence-corrected chi connectivity index (χ1v) is 7.87. The third kappa shape index (κ3) is 2.77. The first kappa shape index (κ1) is 14.0. The molecule has 1 aromatic carbocycles. The van der Waals surface area contributed by atoms with Gasteiger partial charge in [0.05, 0.1) is 10.9 Å². The molecule has 0 unspecified atom stereocenters. The van der Waals surface area contributed by atoms with E-state index in [1.165, 1.54) is 23.5 Å². The van der Waals surface area contributed by atoms with Gasteiger partial charge in [-0.15, -0.1) is 11.3 Å². The number of nitriles is 1. The van der Waals surface area contributed by atoms with Crippen LogP contribution in [0, 0.1) is 17.1 Å². The van der Waals surface area contributed by atoms with Crippen LogP contribution < -0.4 is 0 Å². The van der Waals surface area contributed by atoms with E-state index in [9.17, 15) is 9.18 Å². The Bertz CT molecular complexity index is 713. The highest BCUT2D eigenvalue weighted by Crippen LogP contribution is 2.30. The second-order valence-electron chi connectivity index (χ2n) is 5.32. The van der Waals surface area contributed by atoms with Gasteiger partial charge in [-0.1, -0.05) is 18.9 Å². The highest BCUT2D eigenvalue weighted by molar-refractivity contribution is 7.20. The van der Waals surface area contributed by atoms with Crippen molar-refractivity contribution in [3.05, 3.63) is 35.0 Å². The minimum atomic E-state index is -0.298. The van der Waals surface area contributed by atoms with Crippen LogP contribution in [0.3, 0.4) is 0 Å². The van der Waals surface area contributed by atoms with Gasteiger partial charge in [-0.2, -0.15) is 5.26 Å². The van der Waals surface area contributed by atoms with Crippen LogP contribution in [-0.2, 0) is 0 Å². The summed E-state index contributed by atoms with van der Waals surface area (Å²) in [5.41, 5.74) is 0. The Balaban J connectivity index is 1.91. The highest BCUT2D eigenvalue weighted by Gasteiger charge is 2.28. The smallest absolute Gasteiger partial charge is 0.265 e. The summed E-state index contributed by atoms with van der Waals surface area (Å²) in [6.07, 6.45) is 4.15. The van der Waals surface area contributed by atoms with Crippen LogP contribution in [0.5, 0.6) is 0 Å². The van der Waals surface area contributed by atoms with Crippen molar-refractivity contribution in [1.82, 2.24) is 4.90 Å². The average Bonchev–Trinajstić information content (AvgIpc) is 3.12. The van der Waals surface area contributed by atoms with Crippen LogP contribution in [0.25, 0.3) is 10.1 Å². The van der Waals surface area contributed by atoms with E-state index in [-0.39, 0.29) is 24.3 Å². The Hall–Kier alpha value is -1.93. The fraction of sp³-hybridized carbons (Fsp3) is 0.375. The van der Waals surface area contributed by atoms with Crippen molar-refractivity contribution in [1.29, 1.82) is 5.26 Å². The Morgan fingerprint density at radius 2 is 2.14 bits per heavy atom. The fourth-order valence-corrected chi connectivity index (χ4v) is 3.95. The second-order valence-corrected chi connectivity index (χ2v) is 6.41. The number of nitrogens with zero attached hydrogens (tertiary/aromatic N) is 2. The summed E-state index contributed by atoms with van der Waals surface area (Å²) in [6, 6.07) is 8.57. The van der Waals surface area contributed by atoms with E-state index in [4.69, 9.17) is 5.26 Å². The van der Waals surface area contributed by atoms with E-state index in [2.05, 4.69) is 6.07 Å². The molecule has 1 aliphatic rings. The number of benzene rings is 1. The molecule has 2 aromatic rings. The van der Waals surface area contributed by atoms with E-state index >= 15 is 0 Å². The lowest BCUT2D eigenvalue weighted by atomic mass is 10.2. The first-order chi connectivity index (χ1) is 10.2. The summed E-state index contributed by atoms with van der Waals surface area (Å²) >= 11 is 1.29. The molecule has 0 spiro atoms. The first-order valence-electron chi connectivity index (χ1n) is 7.06. The number of rotatable bonds is 3. The molecule has 0 bridgehead atoms. The van der Waals surface area contributed by atoms with Crippen LogP contribution in [0.2, 0.25) is 0 Å². The normalized spacial score (nSPS) is 15.2. The number of carbonyl (C=O) groups is 1. The molecule has 5 heteroatoms. The van der Waals surface area contributed by atoms with Crippen molar-refractivity contribution < 1.29 is 9.18 Å². The molecule has 0 saturated heterocycles. The molecule has 1 fully saturated rings. The summed E-state index contributed by atoms with van der Waals surface area (Å²) in [7, 11) is 0. The van der Waals surface area contributed by atoms with Gasteiger partial charge in [0, 0.05) is 10.7 Å². The topological polar surface area (TPSA) is 44.1 Å². The quantitative estimate of drug-likeness (QED) is 0.806. The third-order valence-electron chi connectivity index (χ3n) is 3.96. The van der Waals surface area contributed by atoms with Gasteiger partial charge in [0.1, 0.15) is 12.4 Å². The lowest BCUT2D eigenvalue weighted by Gasteiger charge is -2.25. The van der Waals surface area contributed by atoms with Gasteiger partial charge >= 0.3 is 0 Å². The molecule has 0 N–H and O–H groups in total. The van der Waals surface area contributed by atoms with Crippen molar-refractivity contribution in [2.75, 3.05) is 6.54 Å². The van der Waals surface area contributed by atoms with Crippen molar-refractivity contribution in [2.24, 2.45) is 0 Å². The van der Waals surface area contributed by atoms with E-state index in [1.807, 2.05) is 0 Å². The molecule has 3 nitrogen and oxygen atoms in total.